The van der Waals surface area contributed by atoms with Crippen LogP contribution in [0.15, 0.2) is 30.3 Å². The number of carbonyl (C=O) groups is 1. The number of carbonyl (C=O) groups excluding carboxylic acids is 1. The van der Waals surface area contributed by atoms with Crippen molar-refractivity contribution in [1.82, 2.24) is 5.32 Å². The molecule has 2 atom stereocenters. The Balaban J connectivity index is 1.76. The van der Waals surface area contributed by atoms with E-state index in [4.69, 9.17) is 5.73 Å². The lowest BCUT2D eigenvalue weighted by Gasteiger charge is -2.18. The van der Waals surface area contributed by atoms with Crippen LogP contribution >= 0.6 is 0 Å². The summed E-state index contributed by atoms with van der Waals surface area (Å²) in [7, 11) is 0. The first kappa shape index (κ1) is 13.1. The molecule has 0 radical (unpaired) electrons. The van der Waals surface area contributed by atoms with Crippen LogP contribution in [0, 0.1) is 0 Å². The number of hydrogen-bond donors (Lipinski definition) is 3. The smallest absolute Gasteiger partial charge is 0.250 e. The first-order valence-electron chi connectivity index (χ1n) is 6.45. The van der Waals surface area contributed by atoms with Gasteiger partial charge in [0.15, 0.2) is 0 Å². The number of benzene rings is 1. The summed E-state index contributed by atoms with van der Waals surface area (Å²) in [5.74, 6) is -0.335. The summed E-state index contributed by atoms with van der Waals surface area (Å²) in [6.45, 7) is 0. The molecular formula is C14H20N2O2. The number of nitrogens with one attached hydrogen (secondary N) is 1. The Kier molecular flexibility index (Phi) is 4.33. The van der Waals surface area contributed by atoms with E-state index >= 15 is 0 Å². The standard InChI is InChI=1S/C14H20N2O2/c15-12(9-6-10-4-2-1-3-5-10)13(17)14(18)16-11-7-8-11/h1-5,11-13,17H,6-9,15H2,(H,16,18)/t12-,13?/m0/s1. The first-order chi connectivity index (χ1) is 8.66. The molecule has 4 N–H and O–H groups in total. The summed E-state index contributed by atoms with van der Waals surface area (Å²) in [5.41, 5.74) is 7.02. The molecule has 0 heterocycles. The maximum absolute atomic E-state index is 11.6. The topological polar surface area (TPSA) is 75.3 Å². The van der Waals surface area contributed by atoms with Gasteiger partial charge >= 0.3 is 0 Å². The zero-order valence-corrected chi connectivity index (χ0v) is 10.4. The highest BCUT2D eigenvalue weighted by Gasteiger charge is 2.29. The summed E-state index contributed by atoms with van der Waals surface area (Å²) in [6.07, 6.45) is 2.29. The Labute approximate surface area is 107 Å². The number of amides is 1. The Bertz CT molecular complexity index is 390. The van der Waals surface area contributed by atoms with E-state index in [1.807, 2.05) is 30.3 Å². The van der Waals surface area contributed by atoms with Crippen LogP contribution in [0.2, 0.25) is 0 Å². The molecule has 0 aromatic heterocycles. The third-order valence-electron chi connectivity index (χ3n) is 3.21. The second kappa shape index (κ2) is 5.98. The molecule has 0 bridgehead atoms. The molecule has 1 unspecified atom stereocenters. The van der Waals surface area contributed by atoms with E-state index in [9.17, 15) is 9.90 Å². The lowest BCUT2D eigenvalue weighted by molar-refractivity contribution is -0.130. The number of hydrogen-bond acceptors (Lipinski definition) is 3. The largest absolute Gasteiger partial charge is 0.382 e. The SMILES string of the molecule is N[C@@H](CCc1ccccc1)C(O)C(=O)NC1CC1. The fraction of sp³-hybridized carbons (Fsp3) is 0.500. The Morgan fingerprint density at radius 2 is 2.06 bits per heavy atom. The molecule has 1 fully saturated rings. The molecule has 1 aliphatic carbocycles. The van der Waals surface area contributed by atoms with E-state index < -0.39 is 12.1 Å². The molecule has 0 spiro atoms. The van der Waals surface area contributed by atoms with Crippen molar-refractivity contribution in [2.45, 2.75) is 43.9 Å². The van der Waals surface area contributed by atoms with Crippen molar-refractivity contribution in [2.24, 2.45) is 5.73 Å². The lowest BCUT2D eigenvalue weighted by Crippen LogP contribution is -2.47. The van der Waals surface area contributed by atoms with Gasteiger partial charge in [0, 0.05) is 12.1 Å². The van der Waals surface area contributed by atoms with Crippen molar-refractivity contribution in [1.29, 1.82) is 0 Å². The zero-order chi connectivity index (χ0) is 13.0. The molecule has 98 valence electrons. The summed E-state index contributed by atoms with van der Waals surface area (Å²) in [6, 6.07) is 9.68. The van der Waals surface area contributed by atoms with E-state index in [0.717, 1.165) is 19.3 Å². The first-order valence-corrected chi connectivity index (χ1v) is 6.45. The minimum Gasteiger partial charge on any atom is -0.382 e. The quantitative estimate of drug-likeness (QED) is 0.689. The number of aliphatic hydroxyl groups is 1. The molecule has 1 aromatic carbocycles. The van der Waals surface area contributed by atoms with Gasteiger partial charge in [-0.2, -0.15) is 0 Å². The zero-order valence-electron chi connectivity index (χ0n) is 10.4. The molecule has 2 rings (SSSR count). The second-order valence-electron chi connectivity index (χ2n) is 4.92. The van der Waals surface area contributed by atoms with Gasteiger partial charge in [-0.15, -0.1) is 0 Å². The van der Waals surface area contributed by atoms with E-state index in [-0.39, 0.29) is 11.9 Å². The monoisotopic (exact) mass is 248 g/mol. The Morgan fingerprint density at radius 1 is 1.39 bits per heavy atom. The van der Waals surface area contributed by atoms with Gasteiger partial charge in [-0.1, -0.05) is 30.3 Å². The predicted molar refractivity (Wildman–Crippen MR) is 69.9 cm³/mol. The second-order valence-corrected chi connectivity index (χ2v) is 4.92. The van der Waals surface area contributed by atoms with Crippen LogP contribution in [0.1, 0.15) is 24.8 Å². The average molecular weight is 248 g/mol. The molecule has 4 nitrogen and oxygen atoms in total. The Morgan fingerprint density at radius 3 is 2.67 bits per heavy atom. The summed E-state index contributed by atoms with van der Waals surface area (Å²) in [4.78, 5) is 11.6. The van der Waals surface area contributed by atoms with Crippen molar-refractivity contribution in [2.75, 3.05) is 0 Å². The number of aryl methyl sites for hydroxylation is 1. The molecule has 1 aromatic rings. The predicted octanol–water partition coefficient (Wildman–Crippen LogP) is 0.586. The molecule has 0 saturated heterocycles. The summed E-state index contributed by atoms with van der Waals surface area (Å²) < 4.78 is 0. The minimum atomic E-state index is -1.10. The third-order valence-corrected chi connectivity index (χ3v) is 3.21. The van der Waals surface area contributed by atoms with Crippen LogP contribution in [-0.4, -0.2) is 29.2 Å². The fourth-order valence-electron chi connectivity index (χ4n) is 1.84. The van der Waals surface area contributed by atoms with Crippen LogP contribution < -0.4 is 11.1 Å². The van der Waals surface area contributed by atoms with Gasteiger partial charge in [0.25, 0.3) is 5.91 Å². The van der Waals surface area contributed by atoms with Crippen molar-refractivity contribution < 1.29 is 9.90 Å². The number of rotatable bonds is 6. The number of nitrogens with two attached hydrogens (primary N) is 1. The van der Waals surface area contributed by atoms with Gasteiger partial charge in [0.2, 0.25) is 0 Å². The van der Waals surface area contributed by atoms with Crippen LogP contribution in [0.4, 0.5) is 0 Å². The van der Waals surface area contributed by atoms with Crippen molar-refractivity contribution in [3.8, 4) is 0 Å². The normalized spacial score (nSPS) is 18.1. The highest BCUT2D eigenvalue weighted by atomic mass is 16.3. The average Bonchev–Trinajstić information content (AvgIpc) is 3.20. The van der Waals surface area contributed by atoms with Gasteiger partial charge in [-0.05, 0) is 31.2 Å². The van der Waals surface area contributed by atoms with E-state index in [1.54, 1.807) is 0 Å². The van der Waals surface area contributed by atoms with Gasteiger partial charge in [0.1, 0.15) is 6.10 Å². The summed E-state index contributed by atoms with van der Waals surface area (Å²) >= 11 is 0. The third kappa shape index (κ3) is 3.82. The maximum atomic E-state index is 11.6. The number of aliphatic hydroxyl groups excluding tert-OH is 1. The van der Waals surface area contributed by atoms with Crippen LogP contribution in [0.3, 0.4) is 0 Å². The minimum absolute atomic E-state index is 0.258. The molecule has 18 heavy (non-hydrogen) atoms. The molecule has 1 amide bonds. The highest BCUT2D eigenvalue weighted by Crippen LogP contribution is 2.19. The molecular weight excluding hydrogens is 228 g/mol. The van der Waals surface area contributed by atoms with Crippen molar-refractivity contribution in [3.05, 3.63) is 35.9 Å². The molecule has 1 aliphatic rings. The van der Waals surface area contributed by atoms with Crippen LogP contribution in [0.5, 0.6) is 0 Å². The lowest BCUT2D eigenvalue weighted by atomic mass is 10.0. The van der Waals surface area contributed by atoms with E-state index in [0.29, 0.717) is 6.42 Å². The molecule has 4 heteroatoms. The molecule has 1 saturated carbocycles. The van der Waals surface area contributed by atoms with Gasteiger partial charge in [0.05, 0.1) is 0 Å². The fourth-order valence-corrected chi connectivity index (χ4v) is 1.84. The van der Waals surface area contributed by atoms with Gasteiger partial charge in [-0.3, -0.25) is 4.79 Å². The van der Waals surface area contributed by atoms with Crippen LogP contribution in [-0.2, 0) is 11.2 Å². The van der Waals surface area contributed by atoms with E-state index in [1.165, 1.54) is 5.56 Å². The van der Waals surface area contributed by atoms with Crippen molar-refractivity contribution >= 4 is 5.91 Å². The maximum Gasteiger partial charge on any atom is 0.250 e. The Hall–Kier alpha value is -1.39. The highest BCUT2D eigenvalue weighted by molar-refractivity contribution is 5.81. The van der Waals surface area contributed by atoms with Gasteiger partial charge < -0.3 is 16.2 Å². The molecule has 0 aliphatic heterocycles. The summed E-state index contributed by atoms with van der Waals surface area (Å²) in [5, 5.41) is 12.6. The van der Waals surface area contributed by atoms with Gasteiger partial charge in [-0.25, -0.2) is 0 Å². The van der Waals surface area contributed by atoms with E-state index in [2.05, 4.69) is 5.32 Å². The van der Waals surface area contributed by atoms with Crippen LogP contribution in [0.25, 0.3) is 0 Å². The van der Waals surface area contributed by atoms with Crippen molar-refractivity contribution in [3.63, 3.8) is 0 Å².